The number of hydrogen-bond donors (Lipinski definition) is 0. The molecule has 1 heterocycles. The lowest BCUT2D eigenvalue weighted by molar-refractivity contribution is 0.195. The van der Waals surface area contributed by atoms with Crippen LogP contribution in [0.5, 0.6) is 0 Å². The second kappa shape index (κ2) is 6.12. The molecule has 0 saturated carbocycles. The Morgan fingerprint density at radius 2 is 2.06 bits per heavy atom. The molecular weight excluding hydrogens is 242 g/mol. The Morgan fingerprint density at radius 3 is 2.78 bits per heavy atom. The van der Waals surface area contributed by atoms with Crippen molar-refractivity contribution in [3.63, 3.8) is 0 Å². The summed E-state index contributed by atoms with van der Waals surface area (Å²) in [7, 11) is 1.74. The molecule has 0 aliphatic carbocycles. The third-order valence-corrected chi connectivity index (χ3v) is 4.00. The Labute approximate surface area is 113 Å². The van der Waals surface area contributed by atoms with Crippen LogP contribution in [-0.4, -0.2) is 18.7 Å². The van der Waals surface area contributed by atoms with E-state index in [2.05, 4.69) is 42.4 Å². The molecule has 2 rings (SSSR count). The van der Waals surface area contributed by atoms with Crippen molar-refractivity contribution < 1.29 is 4.74 Å². The predicted octanol–water partition coefficient (Wildman–Crippen LogP) is 4.01. The normalized spacial score (nSPS) is 10.8. The molecule has 0 spiro atoms. The minimum atomic E-state index is 0.804. The monoisotopic (exact) mass is 261 g/mol. The summed E-state index contributed by atoms with van der Waals surface area (Å²) >= 11 is 1.74. The van der Waals surface area contributed by atoms with Crippen molar-refractivity contribution in [2.75, 3.05) is 13.7 Å². The average molecular weight is 261 g/mol. The van der Waals surface area contributed by atoms with E-state index in [4.69, 9.17) is 4.74 Å². The van der Waals surface area contributed by atoms with Crippen LogP contribution in [0.25, 0.3) is 11.3 Å². The fraction of sp³-hybridized carbons (Fsp3) is 0.400. The summed E-state index contributed by atoms with van der Waals surface area (Å²) in [5, 5.41) is 3.34. The molecule has 0 radical (unpaired) electrons. The minimum absolute atomic E-state index is 0.804. The Bertz CT molecular complexity index is 519. The largest absolute Gasteiger partial charge is 0.385 e. The fourth-order valence-electron chi connectivity index (χ4n) is 1.83. The number of aromatic nitrogens is 1. The molecule has 96 valence electrons. The molecule has 0 unspecified atom stereocenters. The molecular formula is C15H19NOS. The maximum atomic E-state index is 5.06. The summed E-state index contributed by atoms with van der Waals surface area (Å²) in [6.45, 7) is 5.08. The molecule has 3 heteroatoms. The van der Waals surface area contributed by atoms with Gasteiger partial charge in [0.25, 0.3) is 0 Å². The maximum absolute atomic E-state index is 5.06. The van der Waals surface area contributed by atoms with Gasteiger partial charge in [-0.25, -0.2) is 4.98 Å². The van der Waals surface area contributed by atoms with E-state index >= 15 is 0 Å². The zero-order valence-corrected chi connectivity index (χ0v) is 12.0. The molecule has 0 atom stereocenters. The quantitative estimate of drug-likeness (QED) is 0.759. The minimum Gasteiger partial charge on any atom is -0.385 e. The van der Waals surface area contributed by atoms with Gasteiger partial charge in [-0.3, -0.25) is 0 Å². The first kappa shape index (κ1) is 13.2. The van der Waals surface area contributed by atoms with Crippen LogP contribution in [0.15, 0.2) is 23.6 Å². The summed E-state index contributed by atoms with van der Waals surface area (Å²) in [6.07, 6.45) is 2.04. The van der Waals surface area contributed by atoms with E-state index in [0.29, 0.717) is 0 Å². The van der Waals surface area contributed by atoms with Gasteiger partial charge in [0.05, 0.1) is 10.7 Å². The zero-order chi connectivity index (χ0) is 13.0. The third kappa shape index (κ3) is 3.18. The molecule has 0 bridgehead atoms. The highest BCUT2D eigenvalue weighted by atomic mass is 32.1. The second-order valence-corrected chi connectivity index (χ2v) is 5.46. The first-order valence-corrected chi connectivity index (χ1v) is 7.09. The lowest BCUT2D eigenvalue weighted by atomic mass is 10.1. The van der Waals surface area contributed by atoms with Gasteiger partial charge in [0.15, 0.2) is 0 Å². The van der Waals surface area contributed by atoms with Gasteiger partial charge in [-0.05, 0) is 37.5 Å². The van der Waals surface area contributed by atoms with Crippen molar-refractivity contribution in [3.05, 3.63) is 39.7 Å². The highest BCUT2D eigenvalue weighted by Crippen LogP contribution is 2.24. The topological polar surface area (TPSA) is 22.1 Å². The van der Waals surface area contributed by atoms with Crippen LogP contribution in [0.4, 0.5) is 0 Å². The number of ether oxygens (including phenoxy) is 1. The third-order valence-electron chi connectivity index (χ3n) is 3.09. The van der Waals surface area contributed by atoms with E-state index in [9.17, 15) is 0 Å². The van der Waals surface area contributed by atoms with Gasteiger partial charge >= 0.3 is 0 Å². The molecule has 0 fully saturated rings. The molecule has 0 N–H and O–H groups in total. The number of benzene rings is 1. The number of hydrogen-bond acceptors (Lipinski definition) is 3. The second-order valence-electron chi connectivity index (χ2n) is 4.52. The van der Waals surface area contributed by atoms with Crippen molar-refractivity contribution in [2.24, 2.45) is 0 Å². The molecule has 1 aromatic heterocycles. The van der Waals surface area contributed by atoms with E-state index in [-0.39, 0.29) is 0 Å². The highest BCUT2D eigenvalue weighted by Gasteiger charge is 2.05. The van der Waals surface area contributed by atoms with E-state index in [1.54, 1.807) is 18.4 Å². The Balaban J connectivity index is 2.11. The number of aryl methyl sites for hydroxylation is 3. The number of thiazole rings is 1. The molecule has 2 aromatic rings. The van der Waals surface area contributed by atoms with E-state index in [0.717, 1.165) is 25.1 Å². The Hall–Kier alpha value is -1.19. The Kier molecular flexibility index (Phi) is 4.50. The van der Waals surface area contributed by atoms with Crippen molar-refractivity contribution in [3.8, 4) is 11.3 Å². The van der Waals surface area contributed by atoms with Gasteiger partial charge in [0.2, 0.25) is 0 Å². The van der Waals surface area contributed by atoms with E-state index in [1.807, 2.05) is 0 Å². The smallest absolute Gasteiger partial charge is 0.0933 e. The van der Waals surface area contributed by atoms with Gasteiger partial charge in [-0.1, -0.05) is 12.1 Å². The van der Waals surface area contributed by atoms with E-state index in [1.165, 1.54) is 21.7 Å². The zero-order valence-electron chi connectivity index (χ0n) is 11.2. The summed E-state index contributed by atoms with van der Waals surface area (Å²) in [4.78, 5) is 4.69. The van der Waals surface area contributed by atoms with Gasteiger partial charge in [0, 0.05) is 31.1 Å². The van der Waals surface area contributed by atoms with Crippen LogP contribution in [0.3, 0.4) is 0 Å². The SMILES string of the molecule is COCCCc1nc(-c2ccc(C)c(C)c2)cs1. The standard InChI is InChI=1S/C15H19NOS/c1-11-6-7-13(9-12(11)2)14-10-18-15(16-14)5-4-8-17-3/h6-7,9-10H,4-5,8H2,1-3H3. The summed E-state index contributed by atoms with van der Waals surface area (Å²) in [5.41, 5.74) is 4.96. The molecule has 1 aromatic carbocycles. The summed E-state index contributed by atoms with van der Waals surface area (Å²) in [5.74, 6) is 0. The van der Waals surface area contributed by atoms with Gasteiger partial charge < -0.3 is 4.74 Å². The molecule has 0 aliphatic rings. The van der Waals surface area contributed by atoms with E-state index < -0.39 is 0 Å². The van der Waals surface area contributed by atoms with Crippen LogP contribution >= 0.6 is 11.3 Å². The maximum Gasteiger partial charge on any atom is 0.0933 e. The lowest BCUT2D eigenvalue weighted by Crippen LogP contribution is -1.92. The average Bonchev–Trinajstić information content (AvgIpc) is 2.82. The summed E-state index contributed by atoms with van der Waals surface area (Å²) in [6, 6.07) is 6.52. The van der Waals surface area contributed by atoms with Crippen molar-refractivity contribution in [2.45, 2.75) is 26.7 Å². The molecule has 0 saturated heterocycles. The first-order chi connectivity index (χ1) is 8.70. The Morgan fingerprint density at radius 1 is 1.22 bits per heavy atom. The van der Waals surface area contributed by atoms with Crippen LogP contribution < -0.4 is 0 Å². The molecule has 0 amide bonds. The highest BCUT2D eigenvalue weighted by molar-refractivity contribution is 7.09. The van der Waals surface area contributed by atoms with Crippen molar-refractivity contribution in [1.29, 1.82) is 0 Å². The molecule has 0 aliphatic heterocycles. The summed E-state index contributed by atoms with van der Waals surface area (Å²) < 4.78 is 5.06. The van der Waals surface area contributed by atoms with Gasteiger partial charge in [-0.2, -0.15) is 0 Å². The molecule has 18 heavy (non-hydrogen) atoms. The number of methoxy groups -OCH3 is 1. The van der Waals surface area contributed by atoms with Crippen molar-refractivity contribution in [1.82, 2.24) is 4.98 Å². The van der Waals surface area contributed by atoms with Crippen LogP contribution in [0.1, 0.15) is 22.6 Å². The predicted molar refractivity (Wildman–Crippen MR) is 77.2 cm³/mol. The van der Waals surface area contributed by atoms with Gasteiger partial charge in [0.1, 0.15) is 0 Å². The van der Waals surface area contributed by atoms with Crippen LogP contribution in [0.2, 0.25) is 0 Å². The van der Waals surface area contributed by atoms with Crippen LogP contribution in [0, 0.1) is 13.8 Å². The number of nitrogens with zero attached hydrogens (tertiary/aromatic N) is 1. The fourth-order valence-corrected chi connectivity index (χ4v) is 2.68. The van der Waals surface area contributed by atoms with Gasteiger partial charge in [-0.15, -0.1) is 11.3 Å². The van der Waals surface area contributed by atoms with Crippen LogP contribution in [-0.2, 0) is 11.2 Å². The number of rotatable bonds is 5. The first-order valence-electron chi connectivity index (χ1n) is 6.21. The lowest BCUT2D eigenvalue weighted by Gasteiger charge is -2.02. The molecule has 2 nitrogen and oxygen atoms in total. The van der Waals surface area contributed by atoms with Crippen molar-refractivity contribution >= 4 is 11.3 Å².